The maximum atomic E-state index is 12.1. The summed E-state index contributed by atoms with van der Waals surface area (Å²) in [6.07, 6.45) is 1.16. The molecule has 1 atom stereocenters. The third-order valence-electron chi connectivity index (χ3n) is 3.94. The number of nitrogens with zero attached hydrogens (tertiary/aromatic N) is 1. The molecule has 1 fully saturated rings. The highest BCUT2D eigenvalue weighted by molar-refractivity contribution is 5.99. The summed E-state index contributed by atoms with van der Waals surface area (Å²) in [4.78, 5) is 14.5. The smallest absolute Gasteiger partial charge is 0.253 e. The number of aryl methyl sites for hydroxylation is 1. The zero-order valence-corrected chi connectivity index (χ0v) is 11.8. The third kappa shape index (κ3) is 3.26. The minimum atomic E-state index is -0.0591. The molecule has 1 amide bonds. The van der Waals surface area contributed by atoms with Gasteiger partial charge in [0, 0.05) is 18.8 Å². The summed E-state index contributed by atoms with van der Waals surface area (Å²) in [6.45, 7) is 8.15. The summed E-state index contributed by atoms with van der Waals surface area (Å²) >= 11 is 0. The van der Waals surface area contributed by atoms with E-state index in [-0.39, 0.29) is 5.91 Å². The monoisotopic (exact) mass is 261 g/mol. The molecule has 1 unspecified atom stereocenters. The van der Waals surface area contributed by atoms with Gasteiger partial charge in [-0.15, -0.1) is 0 Å². The molecule has 1 aliphatic rings. The second-order valence-electron chi connectivity index (χ2n) is 5.29. The topological polar surface area (TPSA) is 58.4 Å². The number of rotatable bonds is 4. The number of nitrogens with two attached hydrogens (primary N) is 1. The van der Waals surface area contributed by atoms with Gasteiger partial charge in [-0.2, -0.15) is 0 Å². The van der Waals surface area contributed by atoms with Crippen molar-refractivity contribution in [2.45, 2.75) is 20.3 Å². The van der Waals surface area contributed by atoms with Crippen molar-refractivity contribution in [3.05, 3.63) is 29.3 Å². The Bertz CT molecular complexity index is 459. The molecular weight excluding hydrogens is 238 g/mol. The minimum absolute atomic E-state index is 0.0591. The van der Waals surface area contributed by atoms with Gasteiger partial charge in [-0.1, -0.05) is 19.1 Å². The van der Waals surface area contributed by atoms with Crippen LogP contribution in [0.25, 0.3) is 0 Å². The van der Waals surface area contributed by atoms with E-state index >= 15 is 0 Å². The number of carbonyl (C=O) groups is 1. The van der Waals surface area contributed by atoms with Crippen molar-refractivity contribution >= 4 is 11.6 Å². The Morgan fingerprint density at radius 3 is 3.00 bits per heavy atom. The number of amides is 1. The van der Waals surface area contributed by atoms with Gasteiger partial charge in [0.15, 0.2) is 0 Å². The van der Waals surface area contributed by atoms with Crippen molar-refractivity contribution < 1.29 is 4.79 Å². The van der Waals surface area contributed by atoms with E-state index in [1.807, 2.05) is 19.1 Å². The Morgan fingerprint density at radius 2 is 2.32 bits per heavy atom. The van der Waals surface area contributed by atoms with Gasteiger partial charge >= 0.3 is 0 Å². The molecule has 1 aromatic carbocycles. The zero-order chi connectivity index (χ0) is 13.8. The molecule has 3 N–H and O–H groups in total. The van der Waals surface area contributed by atoms with Gasteiger partial charge in [0.1, 0.15) is 0 Å². The molecule has 1 heterocycles. The number of benzene rings is 1. The summed E-state index contributed by atoms with van der Waals surface area (Å²) in [7, 11) is 0. The minimum Gasteiger partial charge on any atom is -0.398 e. The van der Waals surface area contributed by atoms with E-state index in [9.17, 15) is 4.79 Å². The Labute approximate surface area is 115 Å². The first-order chi connectivity index (χ1) is 9.11. The number of hydrogen-bond donors (Lipinski definition) is 2. The Hall–Kier alpha value is -1.55. The van der Waals surface area contributed by atoms with E-state index in [2.05, 4.69) is 17.1 Å². The van der Waals surface area contributed by atoms with E-state index in [0.29, 0.717) is 17.2 Å². The Morgan fingerprint density at radius 1 is 1.53 bits per heavy atom. The molecular formula is C15H23N3O. The lowest BCUT2D eigenvalue weighted by Crippen LogP contribution is -2.31. The normalized spacial score (nSPS) is 19.6. The third-order valence-corrected chi connectivity index (χ3v) is 3.94. The molecule has 104 valence electrons. The van der Waals surface area contributed by atoms with E-state index in [1.165, 1.54) is 0 Å². The molecule has 4 nitrogen and oxygen atoms in total. The van der Waals surface area contributed by atoms with Crippen molar-refractivity contribution in [3.63, 3.8) is 0 Å². The molecule has 1 saturated heterocycles. The number of nitrogens with one attached hydrogen (secondary N) is 1. The predicted octanol–water partition coefficient (Wildman–Crippen LogP) is 1.65. The molecule has 1 aliphatic heterocycles. The van der Waals surface area contributed by atoms with Gasteiger partial charge < -0.3 is 16.0 Å². The first kappa shape index (κ1) is 13.9. The van der Waals surface area contributed by atoms with Crippen LogP contribution in [0.4, 0.5) is 5.69 Å². The highest BCUT2D eigenvalue weighted by Gasteiger charge is 2.21. The molecule has 0 saturated carbocycles. The van der Waals surface area contributed by atoms with Crippen molar-refractivity contribution in [2.75, 3.05) is 31.9 Å². The van der Waals surface area contributed by atoms with Crippen LogP contribution in [0.1, 0.15) is 29.3 Å². The fourth-order valence-corrected chi connectivity index (χ4v) is 2.58. The van der Waals surface area contributed by atoms with Crippen molar-refractivity contribution in [3.8, 4) is 0 Å². The van der Waals surface area contributed by atoms with Gasteiger partial charge in [0.25, 0.3) is 5.91 Å². The number of para-hydroxylation sites is 1. The van der Waals surface area contributed by atoms with E-state index in [1.54, 1.807) is 6.07 Å². The highest BCUT2D eigenvalue weighted by atomic mass is 16.1. The van der Waals surface area contributed by atoms with Crippen LogP contribution in [-0.4, -0.2) is 37.0 Å². The maximum absolute atomic E-state index is 12.1. The number of nitrogen functional groups attached to an aromatic ring is 1. The summed E-state index contributed by atoms with van der Waals surface area (Å²) in [5.74, 6) is 0.506. The number of hydrogen-bond acceptors (Lipinski definition) is 3. The van der Waals surface area contributed by atoms with Crippen LogP contribution in [0.2, 0.25) is 0 Å². The quantitative estimate of drug-likeness (QED) is 0.810. The van der Waals surface area contributed by atoms with E-state index in [0.717, 1.165) is 38.2 Å². The first-order valence-electron chi connectivity index (χ1n) is 6.97. The molecule has 0 bridgehead atoms. The van der Waals surface area contributed by atoms with Crippen LogP contribution in [-0.2, 0) is 0 Å². The van der Waals surface area contributed by atoms with Gasteiger partial charge in [-0.05, 0) is 44.0 Å². The Balaban J connectivity index is 1.90. The maximum Gasteiger partial charge on any atom is 0.253 e. The van der Waals surface area contributed by atoms with Crippen LogP contribution in [0, 0.1) is 12.8 Å². The first-order valence-corrected chi connectivity index (χ1v) is 6.97. The summed E-state index contributed by atoms with van der Waals surface area (Å²) in [6, 6.07) is 5.57. The van der Waals surface area contributed by atoms with Crippen LogP contribution < -0.4 is 11.1 Å². The standard InChI is InChI=1S/C15H23N3O/c1-3-18-8-7-12(10-18)9-17-15(19)13-6-4-5-11(2)14(13)16/h4-6,12H,3,7-10,16H2,1-2H3,(H,17,19). The van der Waals surface area contributed by atoms with Crippen LogP contribution in [0.5, 0.6) is 0 Å². The highest BCUT2D eigenvalue weighted by Crippen LogP contribution is 2.17. The lowest BCUT2D eigenvalue weighted by molar-refractivity contribution is 0.0948. The number of anilines is 1. The Kier molecular flexibility index (Phi) is 4.43. The molecule has 0 radical (unpaired) electrons. The molecule has 0 aliphatic carbocycles. The number of likely N-dealkylation sites (tertiary alicyclic amines) is 1. The summed E-state index contributed by atoms with van der Waals surface area (Å²) in [5, 5.41) is 3.01. The van der Waals surface area contributed by atoms with Crippen molar-refractivity contribution in [1.29, 1.82) is 0 Å². The van der Waals surface area contributed by atoms with Gasteiger partial charge in [0.05, 0.1) is 5.56 Å². The van der Waals surface area contributed by atoms with Crippen molar-refractivity contribution in [1.82, 2.24) is 10.2 Å². The van der Waals surface area contributed by atoms with E-state index < -0.39 is 0 Å². The molecule has 4 heteroatoms. The van der Waals surface area contributed by atoms with Crippen molar-refractivity contribution in [2.24, 2.45) is 5.92 Å². The lowest BCUT2D eigenvalue weighted by atomic mass is 10.1. The zero-order valence-electron chi connectivity index (χ0n) is 11.8. The summed E-state index contributed by atoms with van der Waals surface area (Å²) < 4.78 is 0. The molecule has 1 aromatic rings. The summed E-state index contributed by atoms with van der Waals surface area (Å²) in [5.41, 5.74) is 8.06. The molecule has 2 rings (SSSR count). The fourth-order valence-electron chi connectivity index (χ4n) is 2.58. The second-order valence-corrected chi connectivity index (χ2v) is 5.29. The molecule has 0 spiro atoms. The van der Waals surface area contributed by atoms with Gasteiger partial charge in [-0.3, -0.25) is 4.79 Å². The SMILES string of the molecule is CCN1CCC(CNC(=O)c2cccc(C)c2N)C1. The van der Waals surface area contributed by atoms with Crippen LogP contribution >= 0.6 is 0 Å². The van der Waals surface area contributed by atoms with Crippen LogP contribution in [0.15, 0.2) is 18.2 Å². The predicted molar refractivity (Wildman–Crippen MR) is 78.1 cm³/mol. The average Bonchev–Trinajstić information content (AvgIpc) is 2.87. The fraction of sp³-hybridized carbons (Fsp3) is 0.533. The van der Waals surface area contributed by atoms with E-state index in [4.69, 9.17) is 5.73 Å². The lowest BCUT2D eigenvalue weighted by Gasteiger charge is -2.14. The van der Waals surface area contributed by atoms with Gasteiger partial charge in [0.2, 0.25) is 0 Å². The number of carbonyl (C=O) groups excluding carboxylic acids is 1. The van der Waals surface area contributed by atoms with Gasteiger partial charge in [-0.25, -0.2) is 0 Å². The average molecular weight is 261 g/mol. The second kappa shape index (κ2) is 6.06. The molecule has 0 aromatic heterocycles. The van der Waals surface area contributed by atoms with Crippen LogP contribution in [0.3, 0.4) is 0 Å². The molecule has 19 heavy (non-hydrogen) atoms. The largest absolute Gasteiger partial charge is 0.398 e.